The molecule has 0 bridgehead atoms. The molecular weight excluding hydrogens is 286 g/mol. The first-order valence-corrected chi connectivity index (χ1v) is 6.13. The summed E-state index contributed by atoms with van der Waals surface area (Å²) in [7, 11) is 1.58. The highest BCUT2D eigenvalue weighted by molar-refractivity contribution is 9.10. The molecule has 1 aliphatic rings. The van der Waals surface area contributed by atoms with Crippen LogP contribution in [-0.4, -0.2) is 18.2 Å². The molecule has 2 rings (SSSR count). The second-order valence-electron chi connectivity index (χ2n) is 4.33. The number of methoxy groups -OCH3 is 1. The third kappa shape index (κ3) is 2.05. The first-order valence-electron chi connectivity index (χ1n) is 5.33. The number of hydrogen-bond donors (Lipinski definition) is 2. The van der Waals surface area contributed by atoms with Crippen LogP contribution in [0, 0.1) is 5.41 Å². The van der Waals surface area contributed by atoms with Crippen molar-refractivity contribution >= 4 is 21.9 Å². The van der Waals surface area contributed by atoms with Gasteiger partial charge in [0.2, 0.25) is 0 Å². The molecule has 1 atom stereocenters. The number of halogens is 1. The van der Waals surface area contributed by atoms with Crippen molar-refractivity contribution in [1.29, 1.82) is 0 Å². The Morgan fingerprint density at radius 1 is 1.59 bits per heavy atom. The van der Waals surface area contributed by atoms with Gasteiger partial charge < -0.3 is 15.6 Å². The van der Waals surface area contributed by atoms with Gasteiger partial charge in [0.05, 0.1) is 17.0 Å². The lowest BCUT2D eigenvalue weighted by atomic mass is 9.91. The zero-order chi connectivity index (χ0) is 12.6. The molecule has 0 saturated heterocycles. The fraction of sp³-hybridized carbons (Fsp3) is 0.417. The minimum absolute atomic E-state index is 0.470. The van der Waals surface area contributed by atoms with E-state index in [1.165, 1.54) is 0 Å². The van der Waals surface area contributed by atoms with Crippen LogP contribution in [0.15, 0.2) is 22.7 Å². The summed E-state index contributed by atoms with van der Waals surface area (Å²) in [5.41, 5.74) is 6.10. The molecule has 0 aromatic heterocycles. The summed E-state index contributed by atoms with van der Waals surface area (Å²) in [4.78, 5) is 11.2. The Hall–Kier alpha value is -1.07. The van der Waals surface area contributed by atoms with Gasteiger partial charge in [-0.15, -0.1) is 0 Å². The van der Waals surface area contributed by atoms with Gasteiger partial charge in [0.15, 0.2) is 0 Å². The molecule has 4 nitrogen and oxygen atoms in total. The molecule has 3 N–H and O–H groups in total. The maximum absolute atomic E-state index is 11.2. The van der Waals surface area contributed by atoms with E-state index in [2.05, 4.69) is 15.9 Å². The number of carbonyl (C=O) groups is 1. The minimum atomic E-state index is -0.808. The summed E-state index contributed by atoms with van der Waals surface area (Å²) >= 11 is 3.37. The highest BCUT2D eigenvalue weighted by Crippen LogP contribution is 2.54. The molecule has 1 aliphatic carbocycles. The van der Waals surface area contributed by atoms with Crippen molar-refractivity contribution in [2.75, 3.05) is 7.11 Å². The predicted octanol–water partition coefficient (Wildman–Crippen LogP) is 2.32. The fourth-order valence-corrected chi connectivity index (χ4v) is 2.55. The third-order valence-electron chi connectivity index (χ3n) is 3.34. The van der Waals surface area contributed by atoms with Crippen molar-refractivity contribution in [2.24, 2.45) is 11.1 Å². The zero-order valence-electron chi connectivity index (χ0n) is 9.44. The Bertz CT molecular complexity index is 457. The van der Waals surface area contributed by atoms with Gasteiger partial charge in [-0.25, -0.2) is 0 Å². The number of hydrogen-bond acceptors (Lipinski definition) is 3. The van der Waals surface area contributed by atoms with Gasteiger partial charge in [0.25, 0.3) is 0 Å². The Balaban J connectivity index is 2.29. The molecule has 17 heavy (non-hydrogen) atoms. The molecule has 1 fully saturated rings. The highest BCUT2D eigenvalue weighted by Gasteiger charge is 2.55. The summed E-state index contributed by atoms with van der Waals surface area (Å²) in [6.45, 7) is 0. The molecule has 1 aromatic rings. The molecule has 0 spiro atoms. The zero-order valence-corrected chi connectivity index (χ0v) is 11.0. The lowest BCUT2D eigenvalue weighted by Gasteiger charge is -2.20. The van der Waals surface area contributed by atoms with Crippen molar-refractivity contribution in [3.63, 3.8) is 0 Å². The van der Waals surface area contributed by atoms with Gasteiger partial charge in [-0.05, 0) is 46.5 Å². The Morgan fingerprint density at radius 2 is 2.24 bits per heavy atom. The van der Waals surface area contributed by atoms with Gasteiger partial charge in [-0.2, -0.15) is 0 Å². The largest absolute Gasteiger partial charge is 0.496 e. The number of ether oxygens (including phenoxy) is 1. The number of aliphatic carboxylic acids is 1. The van der Waals surface area contributed by atoms with Crippen LogP contribution in [-0.2, 0) is 4.79 Å². The van der Waals surface area contributed by atoms with E-state index in [1.807, 2.05) is 12.1 Å². The van der Waals surface area contributed by atoms with Crippen molar-refractivity contribution < 1.29 is 14.6 Å². The van der Waals surface area contributed by atoms with Crippen LogP contribution in [0.25, 0.3) is 0 Å². The van der Waals surface area contributed by atoms with Crippen LogP contribution in [0.1, 0.15) is 24.4 Å². The van der Waals surface area contributed by atoms with Gasteiger partial charge in [0, 0.05) is 6.04 Å². The van der Waals surface area contributed by atoms with E-state index in [0.29, 0.717) is 18.6 Å². The van der Waals surface area contributed by atoms with E-state index >= 15 is 0 Å². The smallest absolute Gasteiger partial charge is 0.311 e. The molecule has 0 aliphatic heterocycles. The maximum Gasteiger partial charge on any atom is 0.311 e. The molecule has 1 aromatic carbocycles. The number of carboxylic acids is 1. The van der Waals surface area contributed by atoms with Crippen molar-refractivity contribution in [3.8, 4) is 5.75 Å². The number of nitrogens with two attached hydrogens (primary N) is 1. The quantitative estimate of drug-likeness (QED) is 0.895. The third-order valence-corrected chi connectivity index (χ3v) is 3.96. The van der Waals surface area contributed by atoms with E-state index in [9.17, 15) is 9.90 Å². The molecule has 0 heterocycles. The van der Waals surface area contributed by atoms with Crippen LogP contribution in [0.5, 0.6) is 5.75 Å². The molecule has 0 amide bonds. The molecular formula is C12H14BrNO3. The number of benzene rings is 1. The van der Waals surface area contributed by atoms with Crippen molar-refractivity contribution in [2.45, 2.75) is 18.9 Å². The Morgan fingerprint density at radius 3 is 2.65 bits per heavy atom. The van der Waals surface area contributed by atoms with E-state index in [1.54, 1.807) is 13.2 Å². The lowest BCUT2D eigenvalue weighted by molar-refractivity contribution is -0.144. The van der Waals surface area contributed by atoms with Crippen LogP contribution in [0.3, 0.4) is 0 Å². The van der Waals surface area contributed by atoms with Gasteiger partial charge >= 0.3 is 5.97 Å². The summed E-state index contributed by atoms with van der Waals surface area (Å²) in [6.07, 6.45) is 1.29. The SMILES string of the molecule is COc1ccc(C(N)C2(C(=O)O)CC2)cc1Br. The molecule has 1 unspecified atom stereocenters. The second-order valence-corrected chi connectivity index (χ2v) is 5.19. The van der Waals surface area contributed by atoms with Crippen molar-refractivity contribution in [3.05, 3.63) is 28.2 Å². The molecule has 0 radical (unpaired) electrons. The van der Waals surface area contributed by atoms with Gasteiger partial charge in [0.1, 0.15) is 5.75 Å². The van der Waals surface area contributed by atoms with E-state index < -0.39 is 17.4 Å². The van der Waals surface area contributed by atoms with Crippen LogP contribution in [0.2, 0.25) is 0 Å². The van der Waals surface area contributed by atoms with Gasteiger partial charge in [-0.1, -0.05) is 6.07 Å². The summed E-state index contributed by atoms with van der Waals surface area (Å²) in [5.74, 6) is -0.0990. The maximum atomic E-state index is 11.2. The molecule has 1 saturated carbocycles. The van der Waals surface area contributed by atoms with Crippen molar-refractivity contribution in [1.82, 2.24) is 0 Å². The average molecular weight is 300 g/mol. The van der Waals surface area contributed by atoms with Crippen LogP contribution in [0.4, 0.5) is 0 Å². The normalized spacial score (nSPS) is 18.5. The average Bonchev–Trinajstić information content (AvgIpc) is 3.09. The fourth-order valence-electron chi connectivity index (χ4n) is 1.99. The lowest BCUT2D eigenvalue weighted by Crippen LogP contribution is -2.29. The summed E-state index contributed by atoms with van der Waals surface area (Å²) in [5, 5.41) is 9.19. The van der Waals surface area contributed by atoms with Crippen LogP contribution < -0.4 is 10.5 Å². The highest BCUT2D eigenvalue weighted by atomic mass is 79.9. The second kappa shape index (κ2) is 4.31. The topological polar surface area (TPSA) is 72.5 Å². The summed E-state index contributed by atoms with van der Waals surface area (Å²) < 4.78 is 5.91. The first-order chi connectivity index (χ1) is 8.01. The number of rotatable bonds is 4. The molecule has 5 heteroatoms. The van der Waals surface area contributed by atoms with Crippen LogP contribution >= 0.6 is 15.9 Å². The number of carboxylic acid groups (broad SMARTS) is 1. The standard InChI is InChI=1S/C12H14BrNO3/c1-17-9-3-2-7(6-8(9)13)10(14)12(4-5-12)11(15)16/h2-3,6,10H,4-5,14H2,1H3,(H,15,16). The Labute approximate surface area is 108 Å². The van der Waals surface area contributed by atoms with Gasteiger partial charge in [-0.3, -0.25) is 4.79 Å². The predicted molar refractivity (Wildman–Crippen MR) is 66.9 cm³/mol. The summed E-state index contributed by atoms with van der Waals surface area (Å²) in [6, 6.07) is 4.96. The van der Waals surface area contributed by atoms with E-state index in [0.717, 1.165) is 10.0 Å². The molecule has 92 valence electrons. The first kappa shape index (κ1) is 12.4. The Kier molecular flexibility index (Phi) is 3.14. The minimum Gasteiger partial charge on any atom is -0.496 e. The van der Waals surface area contributed by atoms with E-state index in [4.69, 9.17) is 10.5 Å². The van der Waals surface area contributed by atoms with E-state index in [-0.39, 0.29) is 0 Å². The monoisotopic (exact) mass is 299 g/mol.